The van der Waals surface area contributed by atoms with Crippen molar-refractivity contribution in [2.45, 2.75) is 12.8 Å². The van der Waals surface area contributed by atoms with Crippen molar-refractivity contribution >= 4 is 44.6 Å². The Hall–Kier alpha value is -1.30. The number of carbonyl (C=O) groups is 1. The molecule has 0 atom stereocenters. The van der Waals surface area contributed by atoms with Gasteiger partial charge in [-0.15, -0.1) is 11.3 Å². The third-order valence-corrected chi connectivity index (χ3v) is 4.19. The average Bonchev–Trinajstić information content (AvgIpc) is 2.72. The van der Waals surface area contributed by atoms with Crippen LogP contribution in [0.5, 0.6) is 0 Å². The highest BCUT2D eigenvalue weighted by molar-refractivity contribution is 7.21. The van der Waals surface area contributed by atoms with Crippen LogP contribution in [0.25, 0.3) is 10.1 Å². The molecule has 2 aromatic rings. The summed E-state index contributed by atoms with van der Waals surface area (Å²) in [6.07, 6.45) is 1.43. The molecule has 0 aliphatic heterocycles. The van der Waals surface area contributed by atoms with Crippen LogP contribution < -0.4 is 11.1 Å². The van der Waals surface area contributed by atoms with Crippen molar-refractivity contribution < 1.29 is 9.90 Å². The number of thiophene rings is 1. The van der Waals surface area contributed by atoms with E-state index in [0.717, 1.165) is 16.5 Å². The number of nitrogens with two attached hydrogens (primary N) is 1. The van der Waals surface area contributed by atoms with E-state index < -0.39 is 0 Å². The van der Waals surface area contributed by atoms with Crippen LogP contribution in [0.4, 0.5) is 5.69 Å². The summed E-state index contributed by atoms with van der Waals surface area (Å²) in [6.45, 7) is 0.674. The lowest BCUT2D eigenvalue weighted by molar-refractivity contribution is 0.0957. The Morgan fingerprint density at radius 3 is 2.95 bits per heavy atom. The van der Waals surface area contributed by atoms with Crippen molar-refractivity contribution in [1.29, 1.82) is 0 Å². The summed E-state index contributed by atoms with van der Waals surface area (Å²) >= 11 is 7.28. The maximum atomic E-state index is 12.0. The molecule has 0 fully saturated rings. The molecule has 0 aliphatic carbocycles. The molecule has 0 aliphatic rings. The van der Waals surface area contributed by atoms with Gasteiger partial charge in [-0.1, -0.05) is 11.6 Å². The van der Waals surface area contributed by atoms with Crippen molar-refractivity contribution in [2.24, 2.45) is 0 Å². The number of hydrogen-bond donors (Lipinski definition) is 3. The number of nitrogens with one attached hydrogen (secondary N) is 1. The van der Waals surface area contributed by atoms with E-state index in [4.69, 9.17) is 22.4 Å². The summed E-state index contributed by atoms with van der Waals surface area (Å²) in [7, 11) is 0. The monoisotopic (exact) mass is 298 g/mol. The summed E-state index contributed by atoms with van der Waals surface area (Å²) in [4.78, 5) is 12.5. The predicted octanol–water partition coefficient (Wildman–Crippen LogP) is 2.64. The normalized spacial score (nSPS) is 10.8. The van der Waals surface area contributed by atoms with Crippen LogP contribution in [-0.4, -0.2) is 24.2 Å². The Morgan fingerprint density at radius 2 is 2.21 bits per heavy atom. The zero-order valence-corrected chi connectivity index (χ0v) is 11.9. The lowest BCUT2D eigenvalue weighted by atomic mass is 10.2. The van der Waals surface area contributed by atoms with Crippen LogP contribution in [0, 0.1) is 0 Å². The van der Waals surface area contributed by atoms with E-state index in [1.165, 1.54) is 11.3 Å². The van der Waals surface area contributed by atoms with Crippen LogP contribution in [-0.2, 0) is 0 Å². The van der Waals surface area contributed by atoms with Crippen LogP contribution in [0.1, 0.15) is 22.5 Å². The number of halogens is 1. The van der Waals surface area contributed by atoms with E-state index in [2.05, 4.69) is 5.32 Å². The van der Waals surface area contributed by atoms with Crippen LogP contribution in [0.3, 0.4) is 0 Å². The van der Waals surface area contributed by atoms with Gasteiger partial charge in [0.25, 0.3) is 5.91 Å². The van der Waals surface area contributed by atoms with Crippen LogP contribution >= 0.6 is 22.9 Å². The van der Waals surface area contributed by atoms with E-state index in [0.29, 0.717) is 28.6 Å². The molecule has 0 spiro atoms. The second-order valence-electron chi connectivity index (χ2n) is 4.17. The van der Waals surface area contributed by atoms with E-state index in [1.807, 2.05) is 6.07 Å². The number of unbranched alkanes of at least 4 members (excludes halogenated alkanes) is 1. The maximum absolute atomic E-state index is 12.0. The Kier molecular flexibility index (Phi) is 4.63. The lowest BCUT2D eigenvalue weighted by Crippen LogP contribution is -2.24. The molecule has 4 N–H and O–H groups in total. The summed E-state index contributed by atoms with van der Waals surface area (Å²) in [5.41, 5.74) is 6.46. The van der Waals surface area contributed by atoms with Gasteiger partial charge in [0, 0.05) is 28.3 Å². The SMILES string of the molecule is Nc1c(C(=O)NCCCCO)sc2ccc(Cl)cc12. The van der Waals surface area contributed by atoms with Gasteiger partial charge >= 0.3 is 0 Å². The number of fused-ring (bicyclic) bond motifs is 1. The van der Waals surface area contributed by atoms with Crippen LogP contribution in [0.15, 0.2) is 18.2 Å². The number of carbonyl (C=O) groups excluding carboxylic acids is 1. The van der Waals surface area contributed by atoms with Crippen molar-refractivity contribution in [1.82, 2.24) is 5.32 Å². The average molecular weight is 299 g/mol. The first-order chi connectivity index (χ1) is 9.13. The zero-order chi connectivity index (χ0) is 13.8. The number of anilines is 1. The zero-order valence-electron chi connectivity index (χ0n) is 10.3. The first kappa shape index (κ1) is 14.1. The highest BCUT2D eigenvalue weighted by Crippen LogP contribution is 2.35. The van der Waals surface area contributed by atoms with E-state index in [-0.39, 0.29) is 12.5 Å². The van der Waals surface area contributed by atoms with Gasteiger partial charge in [0.1, 0.15) is 4.88 Å². The molecule has 1 aromatic heterocycles. The maximum Gasteiger partial charge on any atom is 0.263 e. The molecule has 1 amide bonds. The fraction of sp³-hybridized carbons (Fsp3) is 0.308. The molecule has 1 aromatic carbocycles. The molecule has 102 valence electrons. The minimum atomic E-state index is -0.173. The predicted molar refractivity (Wildman–Crippen MR) is 79.9 cm³/mol. The molecule has 19 heavy (non-hydrogen) atoms. The molecule has 2 rings (SSSR count). The Morgan fingerprint density at radius 1 is 1.42 bits per heavy atom. The standard InChI is InChI=1S/C13H15ClN2O2S/c14-8-3-4-10-9(7-8)11(15)12(19-10)13(18)16-5-1-2-6-17/h3-4,7,17H,1-2,5-6,15H2,(H,16,18). The number of nitrogen functional groups attached to an aromatic ring is 1. The minimum absolute atomic E-state index is 0.138. The summed E-state index contributed by atoms with van der Waals surface area (Å²) in [5, 5.41) is 12.9. The Balaban J connectivity index is 2.16. The molecular weight excluding hydrogens is 284 g/mol. The van der Waals surface area contributed by atoms with Crippen molar-refractivity contribution in [3.05, 3.63) is 28.1 Å². The van der Waals surface area contributed by atoms with Gasteiger partial charge in [-0.25, -0.2) is 0 Å². The van der Waals surface area contributed by atoms with Gasteiger partial charge in [0.15, 0.2) is 0 Å². The summed E-state index contributed by atoms with van der Waals surface area (Å²) < 4.78 is 0.947. The summed E-state index contributed by atoms with van der Waals surface area (Å²) in [5.74, 6) is -0.173. The van der Waals surface area contributed by atoms with E-state index in [1.54, 1.807) is 12.1 Å². The molecule has 0 unspecified atom stereocenters. The van der Waals surface area contributed by atoms with Crippen molar-refractivity contribution in [3.8, 4) is 0 Å². The van der Waals surface area contributed by atoms with Crippen molar-refractivity contribution in [3.63, 3.8) is 0 Å². The molecule has 0 bridgehead atoms. The van der Waals surface area contributed by atoms with Gasteiger partial charge in [0.05, 0.1) is 5.69 Å². The van der Waals surface area contributed by atoms with E-state index >= 15 is 0 Å². The van der Waals surface area contributed by atoms with Gasteiger partial charge in [-0.05, 0) is 31.0 Å². The number of hydrogen-bond acceptors (Lipinski definition) is 4. The second kappa shape index (κ2) is 6.23. The van der Waals surface area contributed by atoms with Crippen molar-refractivity contribution in [2.75, 3.05) is 18.9 Å². The minimum Gasteiger partial charge on any atom is -0.397 e. The first-order valence-electron chi connectivity index (χ1n) is 6.00. The third kappa shape index (κ3) is 3.18. The van der Waals surface area contributed by atoms with Gasteiger partial charge < -0.3 is 16.2 Å². The fourth-order valence-electron chi connectivity index (χ4n) is 1.78. The molecule has 0 saturated heterocycles. The second-order valence-corrected chi connectivity index (χ2v) is 5.66. The van der Waals surface area contributed by atoms with Crippen LogP contribution in [0.2, 0.25) is 5.02 Å². The first-order valence-corrected chi connectivity index (χ1v) is 7.19. The highest BCUT2D eigenvalue weighted by atomic mass is 35.5. The smallest absolute Gasteiger partial charge is 0.263 e. The molecule has 4 nitrogen and oxygen atoms in total. The summed E-state index contributed by atoms with van der Waals surface area (Å²) in [6, 6.07) is 5.41. The molecule has 1 heterocycles. The van der Waals surface area contributed by atoms with E-state index in [9.17, 15) is 4.79 Å². The Bertz CT molecular complexity index is 598. The Labute approximate surface area is 120 Å². The molecular formula is C13H15ClN2O2S. The number of benzene rings is 1. The quantitative estimate of drug-likeness (QED) is 0.743. The number of aliphatic hydroxyl groups excluding tert-OH is 1. The number of amides is 1. The molecule has 0 radical (unpaired) electrons. The van der Waals surface area contributed by atoms with Gasteiger partial charge in [-0.3, -0.25) is 4.79 Å². The number of aliphatic hydroxyl groups is 1. The topological polar surface area (TPSA) is 75.4 Å². The molecule has 6 heteroatoms. The fourth-order valence-corrected chi connectivity index (χ4v) is 2.97. The third-order valence-electron chi connectivity index (χ3n) is 2.77. The lowest BCUT2D eigenvalue weighted by Gasteiger charge is -2.03. The largest absolute Gasteiger partial charge is 0.397 e. The molecule has 0 saturated carbocycles. The number of rotatable bonds is 5. The van der Waals surface area contributed by atoms with Gasteiger partial charge in [-0.2, -0.15) is 0 Å². The van der Waals surface area contributed by atoms with Gasteiger partial charge in [0.2, 0.25) is 0 Å². The highest BCUT2D eigenvalue weighted by Gasteiger charge is 2.16.